The quantitative estimate of drug-likeness (QED) is 0.867. The molecule has 0 N–H and O–H groups in total. The van der Waals surface area contributed by atoms with Crippen molar-refractivity contribution in [3.05, 3.63) is 41.1 Å². The Hall–Kier alpha value is -1.62. The maximum atomic E-state index is 12.2. The van der Waals surface area contributed by atoms with E-state index in [9.17, 15) is 4.79 Å². The molecule has 0 radical (unpaired) electrons. The Balaban J connectivity index is 1.47. The van der Waals surface area contributed by atoms with Crippen molar-refractivity contribution in [2.45, 2.75) is 25.8 Å². The van der Waals surface area contributed by atoms with Gasteiger partial charge in [-0.3, -0.25) is 4.79 Å². The van der Waals surface area contributed by atoms with Gasteiger partial charge in [-0.15, -0.1) is 0 Å². The van der Waals surface area contributed by atoms with Crippen LogP contribution in [0, 0.1) is 5.92 Å². The Labute approximate surface area is 123 Å². The zero-order chi connectivity index (χ0) is 13.8. The third-order valence-electron chi connectivity index (χ3n) is 3.93. The monoisotopic (exact) mass is 289 g/mol. The molecule has 1 amide bonds. The Morgan fingerprint density at radius 3 is 2.90 bits per heavy atom. The van der Waals surface area contributed by atoms with Crippen LogP contribution in [-0.2, 0) is 17.8 Å². The van der Waals surface area contributed by atoms with Crippen LogP contribution in [0.15, 0.2) is 35.5 Å². The number of amides is 1. The Kier molecular flexibility index (Phi) is 4.16. The fourth-order valence-electron chi connectivity index (χ4n) is 2.74. The number of hydrogen-bond acceptors (Lipinski definition) is 3. The van der Waals surface area contributed by atoms with Gasteiger partial charge in [0, 0.05) is 32.0 Å². The van der Waals surface area contributed by atoms with Crippen molar-refractivity contribution in [3.8, 4) is 0 Å². The van der Waals surface area contributed by atoms with Crippen molar-refractivity contribution in [3.63, 3.8) is 0 Å². The highest BCUT2D eigenvalue weighted by Gasteiger charge is 2.22. The number of carbonyl (C=O) groups excluding carboxylic acids is 1. The van der Waals surface area contributed by atoms with E-state index in [1.54, 1.807) is 11.3 Å². The lowest BCUT2D eigenvalue weighted by Gasteiger charge is -2.32. The van der Waals surface area contributed by atoms with Crippen LogP contribution in [-0.4, -0.2) is 33.4 Å². The maximum absolute atomic E-state index is 12.2. The SMILES string of the molecule is O=C(Cc1ccsc1)N1CCC(Cn2ccnc2)CC1. The van der Waals surface area contributed by atoms with Crippen LogP contribution in [0.3, 0.4) is 0 Å². The minimum atomic E-state index is 0.268. The molecule has 0 saturated carbocycles. The smallest absolute Gasteiger partial charge is 0.227 e. The molecule has 1 aliphatic heterocycles. The van der Waals surface area contributed by atoms with Crippen molar-refractivity contribution in [1.29, 1.82) is 0 Å². The summed E-state index contributed by atoms with van der Waals surface area (Å²) in [5.74, 6) is 0.930. The van der Waals surface area contributed by atoms with Gasteiger partial charge < -0.3 is 9.47 Å². The molecule has 1 fully saturated rings. The first-order chi connectivity index (χ1) is 9.81. The summed E-state index contributed by atoms with van der Waals surface area (Å²) in [6.45, 7) is 2.80. The standard InChI is InChI=1S/C15H19N3OS/c19-15(9-14-3-8-20-11-14)18-5-1-13(2-6-18)10-17-7-4-16-12-17/h3-4,7-8,11-13H,1-2,5-6,9-10H2. The lowest BCUT2D eigenvalue weighted by atomic mass is 9.96. The molecule has 0 spiro atoms. The van der Waals surface area contributed by atoms with E-state index in [4.69, 9.17) is 0 Å². The minimum absolute atomic E-state index is 0.268. The van der Waals surface area contributed by atoms with E-state index >= 15 is 0 Å². The first kappa shape index (κ1) is 13.4. The number of likely N-dealkylation sites (tertiary alicyclic amines) is 1. The summed E-state index contributed by atoms with van der Waals surface area (Å²) in [5, 5.41) is 4.09. The van der Waals surface area contributed by atoms with Crippen LogP contribution in [0.25, 0.3) is 0 Å². The number of nitrogens with zero attached hydrogens (tertiary/aromatic N) is 3. The van der Waals surface area contributed by atoms with Gasteiger partial charge in [0.1, 0.15) is 0 Å². The molecule has 0 aromatic carbocycles. The maximum Gasteiger partial charge on any atom is 0.227 e. The molecule has 0 bridgehead atoms. The van der Waals surface area contributed by atoms with Crippen molar-refractivity contribution < 1.29 is 4.79 Å². The van der Waals surface area contributed by atoms with Gasteiger partial charge in [0.05, 0.1) is 12.7 Å². The number of carbonyl (C=O) groups is 1. The molecule has 0 aliphatic carbocycles. The van der Waals surface area contributed by atoms with Gasteiger partial charge >= 0.3 is 0 Å². The zero-order valence-electron chi connectivity index (χ0n) is 11.4. The highest BCUT2D eigenvalue weighted by atomic mass is 32.1. The molecule has 2 aromatic heterocycles. The predicted octanol–water partition coefficient (Wildman–Crippen LogP) is 2.43. The molecular weight excluding hydrogens is 270 g/mol. The van der Waals surface area contributed by atoms with E-state index in [0.29, 0.717) is 12.3 Å². The van der Waals surface area contributed by atoms with Crippen molar-refractivity contribution >= 4 is 17.2 Å². The van der Waals surface area contributed by atoms with Gasteiger partial charge in [0.2, 0.25) is 5.91 Å². The average Bonchev–Trinajstić information content (AvgIpc) is 3.13. The van der Waals surface area contributed by atoms with Gasteiger partial charge in [-0.25, -0.2) is 4.98 Å². The second-order valence-electron chi connectivity index (χ2n) is 5.39. The summed E-state index contributed by atoms with van der Waals surface area (Å²) in [6, 6.07) is 2.04. The molecule has 4 nitrogen and oxygen atoms in total. The second-order valence-corrected chi connectivity index (χ2v) is 6.17. The van der Waals surface area contributed by atoms with Gasteiger partial charge in [0.15, 0.2) is 0 Å². The van der Waals surface area contributed by atoms with Gasteiger partial charge in [0.25, 0.3) is 0 Å². The third kappa shape index (κ3) is 3.28. The van der Waals surface area contributed by atoms with Crippen molar-refractivity contribution in [2.24, 2.45) is 5.92 Å². The van der Waals surface area contributed by atoms with Crippen LogP contribution in [0.5, 0.6) is 0 Å². The molecule has 106 valence electrons. The van der Waals surface area contributed by atoms with E-state index in [1.807, 2.05) is 35.1 Å². The normalized spacial score (nSPS) is 16.5. The largest absolute Gasteiger partial charge is 0.342 e. The number of rotatable bonds is 4. The molecular formula is C15H19N3OS. The first-order valence-electron chi connectivity index (χ1n) is 7.06. The summed E-state index contributed by atoms with van der Waals surface area (Å²) in [4.78, 5) is 18.3. The van der Waals surface area contributed by atoms with Crippen LogP contribution < -0.4 is 0 Å². The van der Waals surface area contributed by atoms with E-state index < -0.39 is 0 Å². The fraction of sp³-hybridized carbons (Fsp3) is 0.467. The molecule has 2 aromatic rings. The predicted molar refractivity (Wildman–Crippen MR) is 79.6 cm³/mol. The summed E-state index contributed by atoms with van der Waals surface area (Å²) in [5.41, 5.74) is 1.14. The Morgan fingerprint density at radius 2 is 2.25 bits per heavy atom. The third-order valence-corrected chi connectivity index (χ3v) is 4.66. The zero-order valence-corrected chi connectivity index (χ0v) is 12.3. The molecule has 0 unspecified atom stereocenters. The second kappa shape index (κ2) is 6.22. The number of aromatic nitrogens is 2. The topological polar surface area (TPSA) is 38.1 Å². The van der Waals surface area contributed by atoms with E-state index in [-0.39, 0.29) is 5.91 Å². The van der Waals surface area contributed by atoms with Crippen LogP contribution in [0.4, 0.5) is 0 Å². The molecule has 20 heavy (non-hydrogen) atoms. The Bertz CT molecular complexity index is 527. The number of thiophene rings is 1. The fourth-order valence-corrected chi connectivity index (χ4v) is 3.41. The summed E-state index contributed by atoms with van der Waals surface area (Å²) >= 11 is 1.65. The van der Waals surface area contributed by atoms with Gasteiger partial charge in [-0.2, -0.15) is 11.3 Å². The molecule has 1 saturated heterocycles. The highest BCUT2D eigenvalue weighted by Crippen LogP contribution is 2.20. The molecule has 0 atom stereocenters. The summed E-state index contributed by atoms with van der Waals surface area (Å²) < 4.78 is 2.13. The molecule has 5 heteroatoms. The Morgan fingerprint density at radius 1 is 1.40 bits per heavy atom. The number of piperidine rings is 1. The lowest BCUT2D eigenvalue weighted by molar-refractivity contribution is -0.131. The van der Waals surface area contributed by atoms with E-state index in [1.165, 1.54) is 0 Å². The molecule has 1 aliphatic rings. The molecule has 3 heterocycles. The van der Waals surface area contributed by atoms with Crippen LogP contribution in [0.2, 0.25) is 0 Å². The highest BCUT2D eigenvalue weighted by molar-refractivity contribution is 7.07. The van der Waals surface area contributed by atoms with E-state index in [2.05, 4.69) is 14.9 Å². The van der Waals surface area contributed by atoms with E-state index in [0.717, 1.165) is 38.0 Å². The lowest BCUT2D eigenvalue weighted by Crippen LogP contribution is -2.40. The first-order valence-corrected chi connectivity index (χ1v) is 8.00. The number of imidazole rings is 1. The summed E-state index contributed by atoms with van der Waals surface area (Å²) in [7, 11) is 0. The van der Waals surface area contributed by atoms with Crippen molar-refractivity contribution in [2.75, 3.05) is 13.1 Å². The van der Waals surface area contributed by atoms with Gasteiger partial charge in [-0.05, 0) is 41.1 Å². The number of hydrogen-bond donors (Lipinski definition) is 0. The van der Waals surface area contributed by atoms with Crippen LogP contribution >= 0.6 is 11.3 Å². The molecule has 3 rings (SSSR count). The van der Waals surface area contributed by atoms with Crippen molar-refractivity contribution in [1.82, 2.24) is 14.5 Å². The minimum Gasteiger partial charge on any atom is -0.342 e. The van der Waals surface area contributed by atoms with Crippen LogP contribution in [0.1, 0.15) is 18.4 Å². The van der Waals surface area contributed by atoms with Gasteiger partial charge in [-0.1, -0.05) is 0 Å². The summed E-state index contributed by atoms with van der Waals surface area (Å²) in [6.07, 6.45) is 8.43. The average molecular weight is 289 g/mol.